The second kappa shape index (κ2) is 7.16. The molecule has 0 spiro atoms. The van der Waals surface area contributed by atoms with Gasteiger partial charge in [-0.1, -0.05) is 51.1 Å². The molecular formula is C18H26N2O2. The summed E-state index contributed by atoms with van der Waals surface area (Å²) in [5.41, 5.74) is 3.84. The molecule has 0 amide bonds. The summed E-state index contributed by atoms with van der Waals surface area (Å²) in [5.74, 6) is -0.503. The first-order chi connectivity index (χ1) is 10.5. The molecule has 1 saturated heterocycles. The SMILES string of the molecule is CCC(C)(C)C(=O)C(=O)C1CCCNN1Cc1ccccc1. The van der Waals surface area contributed by atoms with Crippen LogP contribution in [0.15, 0.2) is 30.3 Å². The van der Waals surface area contributed by atoms with Crippen LogP contribution in [0.3, 0.4) is 0 Å². The molecule has 4 nitrogen and oxygen atoms in total. The Hall–Kier alpha value is -1.52. The van der Waals surface area contributed by atoms with Gasteiger partial charge in [0.25, 0.3) is 0 Å². The van der Waals surface area contributed by atoms with E-state index in [2.05, 4.69) is 5.43 Å². The maximum absolute atomic E-state index is 12.7. The lowest BCUT2D eigenvalue weighted by molar-refractivity contribution is -0.146. The zero-order chi connectivity index (χ0) is 16.2. The van der Waals surface area contributed by atoms with Gasteiger partial charge in [0.2, 0.25) is 11.6 Å². The second-order valence-corrected chi connectivity index (χ2v) is 6.61. The number of Topliss-reactive ketones (excluding diaryl/α,β-unsaturated/α-hetero) is 2. The quantitative estimate of drug-likeness (QED) is 0.821. The third kappa shape index (κ3) is 3.81. The summed E-state index contributed by atoms with van der Waals surface area (Å²) in [5, 5.41) is 1.94. The van der Waals surface area contributed by atoms with Crippen LogP contribution in [0.25, 0.3) is 0 Å². The van der Waals surface area contributed by atoms with Crippen molar-refractivity contribution in [2.24, 2.45) is 5.41 Å². The van der Waals surface area contributed by atoms with E-state index in [4.69, 9.17) is 0 Å². The molecule has 1 aliphatic heterocycles. The third-order valence-corrected chi connectivity index (χ3v) is 4.57. The van der Waals surface area contributed by atoms with Crippen LogP contribution in [-0.4, -0.2) is 29.2 Å². The highest BCUT2D eigenvalue weighted by Crippen LogP contribution is 2.25. The first-order valence-corrected chi connectivity index (χ1v) is 8.08. The van der Waals surface area contributed by atoms with Crippen molar-refractivity contribution in [2.45, 2.75) is 52.6 Å². The van der Waals surface area contributed by atoms with Gasteiger partial charge in [0.15, 0.2) is 0 Å². The van der Waals surface area contributed by atoms with Gasteiger partial charge in [-0.3, -0.25) is 15.0 Å². The van der Waals surface area contributed by atoms with Gasteiger partial charge in [-0.25, -0.2) is 5.01 Å². The monoisotopic (exact) mass is 302 g/mol. The molecule has 1 fully saturated rings. The normalized spacial score (nSPS) is 19.9. The van der Waals surface area contributed by atoms with Crippen molar-refractivity contribution in [3.05, 3.63) is 35.9 Å². The first-order valence-electron chi connectivity index (χ1n) is 8.08. The van der Waals surface area contributed by atoms with Crippen LogP contribution in [0.5, 0.6) is 0 Å². The average Bonchev–Trinajstić information content (AvgIpc) is 2.55. The fraction of sp³-hybridized carbons (Fsp3) is 0.556. The maximum Gasteiger partial charge on any atom is 0.217 e. The molecule has 1 aromatic rings. The summed E-state index contributed by atoms with van der Waals surface area (Å²) in [4.78, 5) is 25.2. The second-order valence-electron chi connectivity index (χ2n) is 6.61. The number of benzene rings is 1. The van der Waals surface area contributed by atoms with E-state index in [1.807, 2.05) is 56.1 Å². The minimum Gasteiger partial charge on any atom is -0.290 e. The molecule has 1 unspecified atom stereocenters. The molecule has 0 aromatic heterocycles. The van der Waals surface area contributed by atoms with Crippen LogP contribution >= 0.6 is 0 Å². The molecule has 120 valence electrons. The fourth-order valence-electron chi connectivity index (χ4n) is 2.65. The Morgan fingerprint density at radius 2 is 1.95 bits per heavy atom. The van der Waals surface area contributed by atoms with Crippen LogP contribution in [-0.2, 0) is 16.1 Å². The topological polar surface area (TPSA) is 49.4 Å². The number of hydrogen-bond acceptors (Lipinski definition) is 4. The number of nitrogens with one attached hydrogen (secondary N) is 1. The van der Waals surface area contributed by atoms with Gasteiger partial charge in [-0.2, -0.15) is 0 Å². The molecule has 1 heterocycles. The van der Waals surface area contributed by atoms with Crippen molar-refractivity contribution >= 4 is 11.6 Å². The minimum absolute atomic E-state index is 0.248. The molecule has 0 saturated carbocycles. The Balaban J connectivity index is 2.12. The number of ketones is 2. The predicted molar refractivity (Wildman–Crippen MR) is 87.1 cm³/mol. The summed E-state index contributed by atoms with van der Waals surface area (Å²) in [6.45, 7) is 7.14. The number of hydrogen-bond donors (Lipinski definition) is 1. The summed E-state index contributed by atoms with van der Waals surface area (Å²) >= 11 is 0. The molecule has 0 bridgehead atoms. The molecule has 1 aliphatic rings. The summed E-state index contributed by atoms with van der Waals surface area (Å²) in [7, 11) is 0. The molecule has 1 N–H and O–H groups in total. The van der Waals surface area contributed by atoms with Crippen LogP contribution < -0.4 is 5.43 Å². The zero-order valence-corrected chi connectivity index (χ0v) is 13.8. The molecule has 0 aliphatic carbocycles. The lowest BCUT2D eigenvalue weighted by atomic mass is 9.81. The number of carbonyl (C=O) groups is 2. The van der Waals surface area contributed by atoms with Gasteiger partial charge in [0.05, 0.1) is 6.04 Å². The number of hydrazine groups is 1. The van der Waals surface area contributed by atoms with Gasteiger partial charge in [-0.05, 0) is 24.8 Å². The van der Waals surface area contributed by atoms with Crippen molar-refractivity contribution in [3.63, 3.8) is 0 Å². The van der Waals surface area contributed by atoms with Crippen LogP contribution in [0, 0.1) is 5.41 Å². The number of carbonyl (C=O) groups excluding carboxylic acids is 2. The van der Waals surface area contributed by atoms with E-state index >= 15 is 0 Å². The van der Waals surface area contributed by atoms with Crippen molar-refractivity contribution in [1.82, 2.24) is 10.4 Å². The third-order valence-electron chi connectivity index (χ3n) is 4.57. The van der Waals surface area contributed by atoms with Crippen molar-refractivity contribution in [3.8, 4) is 0 Å². The van der Waals surface area contributed by atoms with E-state index in [0.717, 1.165) is 24.9 Å². The van der Waals surface area contributed by atoms with E-state index in [1.165, 1.54) is 0 Å². The highest BCUT2D eigenvalue weighted by atomic mass is 16.2. The highest BCUT2D eigenvalue weighted by Gasteiger charge is 2.38. The molecule has 0 radical (unpaired) electrons. The van der Waals surface area contributed by atoms with E-state index < -0.39 is 5.41 Å². The summed E-state index contributed by atoms with van der Waals surface area (Å²) in [6.07, 6.45) is 2.34. The fourth-order valence-corrected chi connectivity index (χ4v) is 2.65. The molecular weight excluding hydrogens is 276 g/mol. The largest absolute Gasteiger partial charge is 0.290 e. The van der Waals surface area contributed by atoms with Gasteiger partial charge < -0.3 is 0 Å². The summed E-state index contributed by atoms with van der Waals surface area (Å²) < 4.78 is 0. The molecule has 1 atom stereocenters. The lowest BCUT2D eigenvalue weighted by Crippen LogP contribution is -2.55. The predicted octanol–water partition coefficient (Wildman–Crippen LogP) is 2.73. The molecule has 22 heavy (non-hydrogen) atoms. The Kier molecular flexibility index (Phi) is 5.48. The average molecular weight is 302 g/mol. The Morgan fingerprint density at radius 1 is 1.27 bits per heavy atom. The number of rotatable bonds is 6. The smallest absolute Gasteiger partial charge is 0.217 e. The highest BCUT2D eigenvalue weighted by molar-refractivity contribution is 6.40. The van der Waals surface area contributed by atoms with Crippen molar-refractivity contribution < 1.29 is 9.59 Å². The van der Waals surface area contributed by atoms with E-state index in [0.29, 0.717) is 13.0 Å². The van der Waals surface area contributed by atoms with E-state index in [1.54, 1.807) is 0 Å². The van der Waals surface area contributed by atoms with Gasteiger partial charge in [0, 0.05) is 18.5 Å². The number of nitrogens with zero attached hydrogens (tertiary/aromatic N) is 1. The van der Waals surface area contributed by atoms with Gasteiger partial charge in [0.1, 0.15) is 0 Å². The van der Waals surface area contributed by atoms with Crippen LogP contribution in [0.2, 0.25) is 0 Å². The van der Waals surface area contributed by atoms with E-state index in [9.17, 15) is 9.59 Å². The first kappa shape index (κ1) is 16.8. The molecule has 1 aromatic carbocycles. The Labute approximate surface area is 132 Å². The molecule has 4 heteroatoms. The van der Waals surface area contributed by atoms with Gasteiger partial charge >= 0.3 is 0 Å². The Bertz CT molecular complexity index is 525. The zero-order valence-electron chi connectivity index (χ0n) is 13.8. The van der Waals surface area contributed by atoms with E-state index in [-0.39, 0.29) is 17.6 Å². The standard InChI is InChI=1S/C18H26N2O2/c1-4-18(2,3)17(22)16(21)15-11-8-12-19-20(15)13-14-9-6-5-7-10-14/h5-7,9-10,15,19H,4,8,11-13H2,1-3H3. The minimum atomic E-state index is -0.576. The van der Waals surface area contributed by atoms with Gasteiger partial charge in [-0.15, -0.1) is 0 Å². The maximum atomic E-state index is 12.7. The van der Waals surface area contributed by atoms with Crippen molar-refractivity contribution in [2.75, 3.05) is 6.54 Å². The van der Waals surface area contributed by atoms with Crippen molar-refractivity contribution in [1.29, 1.82) is 0 Å². The molecule has 2 rings (SSSR count). The van der Waals surface area contributed by atoms with Crippen LogP contribution in [0.1, 0.15) is 45.6 Å². The lowest BCUT2D eigenvalue weighted by Gasteiger charge is -2.36. The summed E-state index contributed by atoms with van der Waals surface area (Å²) in [6, 6.07) is 9.67. The Morgan fingerprint density at radius 3 is 2.59 bits per heavy atom. The van der Waals surface area contributed by atoms with Crippen LogP contribution in [0.4, 0.5) is 0 Å².